The fourth-order valence-electron chi connectivity index (χ4n) is 3.46. The zero-order valence-electron chi connectivity index (χ0n) is 15.0. The van der Waals surface area contributed by atoms with Crippen LogP contribution in [0.4, 0.5) is 0 Å². The number of aryl methyl sites for hydroxylation is 1. The van der Waals surface area contributed by atoms with Crippen LogP contribution in [0.25, 0.3) is 21.8 Å². The van der Waals surface area contributed by atoms with Crippen LogP contribution in [0.5, 0.6) is 5.75 Å². The first kappa shape index (κ1) is 17.1. The zero-order valence-corrected chi connectivity index (χ0v) is 15.0. The van der Waals surface area contributed by atoms with Gasteiger partial charge in [-0.3, -0.25) is 9.59 Å². The average Bonchev–Trinajstić information content (AvgIpc) is 3.31. The van der Waals surface area contributed by atoms with Gasteiger partial charge in [0.15, 0.2) is 0 Å². The Hall–Kier alpha value is -3.34. The smallest absolute Gasteiger partial charge is 0.230 e. The third kappa shape index (κ3) is 3.24. The largest absolute Gasteiger partial charge is 0.497 e. The van der Waals surface area contributed by atoms with E-state index in [0.717, 1.165) is 17.5 Å². The molecule has 0 aliphatic carbocycles. The number of aromatic nitrogens is 2. The number of ketones is 2. The van der Waals surface area contributed by atoms with Crippen molar-refractivity contribution >= 4 is 33.4 Å². The Morgan fingerprint density at radius 1 is 0.963 bits per heavy atom. The van der Waals surface area contributed by atoms with E-state index in [4.69, 9.17) is 4.74 Å². The van der Waals surface area contributed by atoms with Crippen LogP contribution in [0.2, 0.25) is 0 Å². The lowest BCUT2D eigenvalue weighted by molar-refractivity contribution is -0.115. The number of hydrogen-bond acceptors (Lipinski definition) is 3. The monoisotopic (exact) mass is 360 g/mol. The maximum atomic E-state index is 12.6. The number of ether oxygens (including phenoxy) is 1. The zero-order chi connectivity index (χ0) is 18.8. The van der Waals surface area contributed by atoms with Crippen molar-refractivity contribution in [2.45, 2.75) is 19.3 Å². The Balaban J connectivity index is 1.44. The van der Waals surface area contributed by atoms with E-state index in [1.54, 1.807) is 19.4 Å². The van der Waals surface area contributed by atoms with E-state index >= 15 is 0 Å². The molecule has 136 valence electrons. The van der Waals surface area contributed by atoms with Crippen molar-refractivity contribution in [1.29, 1.82) is 0 Å². The topological polar surface area (TPSA) is 75.0 Å². The highest BCUT2D eigenvalue weighted by Gasteiger charge is 2.20. The summed E-state index contributed by atoms with van der Waals surface area (Å²) in [5.74, 6) is -0.157. The second-order valence-corrected chi connectivity index (χ2v) is 6.58. The molecular formula is C22H20N2O3. The number of methoxy groups -OCH3 is 1. The van der Waals surface area contributed by atoms with Gasteiger partial charge in [-0.15, -0.1) is 0 Å². The highest BCUT2D eigenvalue weighted by atomic mass is 16.5. The van der Waals surface area contributed by atoms with Gasteiger partial charge in [0.05, 0.1) is 12.7 Å². The highest BCUT2D eigenvalue weighted by molar-refractivity contribution is 6.45. The molecule has 0 unspecified atom stereocenters. The van der Waals surface area contributed by atoms with E-state index < -0.39 is 5.78 Å². The number of carbonyl (C=O) groups excluding carboxylic acids is 2. The summed E-state index contributed by atoms with van der Waals surface area (Å²) in [5, 5.41) is 1.88. The van der Waals surface area contributed by atoms with E-state index in [0.29, 0.717) is 23.1 Å². The van der Waals surface area contributed by atoms with Crippen LogP contribution < -0.4 is 4.74 Å². The van der Waals surface area contributed by atoms with Crippen molar-refractivity contribution < 1.29 is 14.3 Å². The van der Waals surface area contributed by atoms with Crippen molar-refractivity contribution in [2.75, 3.05) is 7.11 Å². The summed E-state index contributed by atoms with van der Waals surface area (Å²) < 4.78 is 5.22. The first-order chi connectivity index (χ1) is 13.2. The Labute approximate surface area is 156 Å². The molecule has 2 heterocycles. The Bertz CT molecular complexity index is 1140. The molecule has 2 aromatic heterocycles. The van der Waals surface area contributed by atoms with Crippen LogP contribution in [0.1, 0.15) is 28.8 Å². The number of carbonyl (C=O) groups is 2. The predicted molar refractivity (Wildman–Crippen MR) is 105 cm³/mol. The van der Waals surface area contributed by atoms with Crippen molar-refractivity contribution in [3.05, 3.63) is 66.0 Å². The summed E-state index contributed by atoms with van der Waals surface area (Å²) in [6.45, 7) is 0. The Morgan fingerprint density at radius 2 is 1.74 bits per heavy atom. The maximum Gasteiger partial charge on any atom is 0.230 e. The quantitative estimate of drug-likeness (QED) is 0.378. The van der Waals surface area contributed by atoms with Crippen LogP contribution in [0, 0.1) is 0 Å². The number of aromatic amines is 2. The molecule has 0 atom stereocenters. The molecule has 4 rings (SSSR count). The second-order valence-electron chi connectivity index (χ2n) is 6.58. The Kier molecular flexibility index (Phi) is 4.50. The molecule has 5 heteroatoms. The van der Waals surface area contributed by atoms with Gasteiger partial charge in [0.2, 0.25) is 11.6 Å². The number of hydrogen-bond donors (Lipinski definition) is 2. The van der Waals surface area contributed by atoms with E-state index in [9.17, 15) is 9.59 Å². The third-order valence-electron chi connectivity index (χ3n) is 4.91. The fourth-order valence-corrected chi connectivity index (χ4v) is 3.46. The van der Waals surface area contributed by atoms with Crippen LogP contribution >= 0.6 is 0 Å². The van der Waals surface area contributed by atoms with E-state index in [1.807, 2.05) is 36.5 Å². The molecule has 0 amide bonds. The van der Waals surface area contributed by atoms with Gasteiger partial charge in [0.25, 0.3) is 0 Å². The van der Waals surface area contributed by atoms with Crippen molar-refractivity contribution in [2.24, 2.45) is 0 Å². The van der Waals surface area contributed by atoms with Gasteiger partial charge in [-0.25, -0.2) is 0 Å². The lowest BCUT2D eigenvalue weighted by atomic mass is 10.0. The van der Waals surface area contributed by atoms with Gasteiger partial charge in [0, 0.05) is 40.6 Å². The number of nitrogens with one attached hydrogen (secondary N) is 2. The molecule has 0 radical (unpaired) electrons. The standard InChI is InChI=1S/C22H20N2O3/c1-27-15-9-10-20-17(11-15)18(13-24-20)22(26)21(25)8-4-5-14-12-23-19-7-3-2-6-16(14)19/h2-3,6-7,9-13,23-24H,4-5,8H2,1H3. The maximum absolute atomic E-state index is 12.6. The van der Waals surface area contributed by atoms with Crippen LogP contribution in [-0.4, -0.2) is 28.6 Å². The van der Waals surface area contributed by atoms with Crippen molar-refractivity contribution in [3.8, 4) is 5.75 Å². The minimum absolute atomic E-state index is 0.231. The lowest BCUT2D eigenvalue weighted by Crippen LogP contribution is -2.13. The molecule has 0 spiro atoms. The highest BCUT2D eigenvalue weighted by Crippen LogP contribution is 2.25. The van der Waals surface area contributed by atoms with E-state index in [-0.39, 0.29) is 12.2 Å². The van der Waals surface area contributed by atoms with E-state index in [2.05, 4.69) is 16.0 Å². The number of rotatable bonds is 7. The number of para-hydroxylation sites is 1. The summed E-state index contributed by atoms with van der Waals surface area (Å²) >= 11 is 0. The van der Waals surface area contributed by atoms with E-state index in [1.165, 1.54) is 10.9 Å². The molecular weight excluding hydrogens is 340 g/mol. The minimum Gasteiger partial charge on any atom is -0.497 e. The summed E-state index contributed by atoms with van der Waals surface area (Å²) in [6.07, 6.45) is 5.20. The van der Waals surface area contributed by atoms with Crippen molar-refractivity contribution in [1.82, 2.24) is 9.97 Å². The molecule has 0 aliphatic heterocycles. The molecule has 0 saturated carbocycles. The summed E-state index contributed by atoms with van der Waals surface area (Å²) in [7, 11) is 1.57. The molecule has 27 heavy (non-hydrogen) atoms. The summed E-state index contributed by atoms with van der Waals surface area (Å²) in [5.41, 5.74) is 3.47. The first-order valence-corrected chi connectivity index (χ1v) is 8.95. The molecule has 2 aromatic carbocycles. The van der Waals surface area contributed by atoms with Crippen LogP contribution in [-0.2, 0) is 11.2 Å². The first-order valence-electron chi connectivity index (χ1n) is 8.95. The fraction of sp³-hybridized carbons (Fsp3) is 0.182. The number of Topliss-reactive ketones (excluding diaryl/α,β-unsaturated/α-hetero) is 2. The molecule has 0 saturated heterocycles. The Morgan fingerprint density at radius 3 is 2.59 bits per heavy atom. The number of H-pyrrole nitrogens is 2. The molecule has 4 aromatic rings. The predicted octanol–water partition coefficient (Wildman–Crippen LogP) is 4.43. The molecule has 0 aliphatic rings. The summed E-state index contributed by atoms with van der Waals surface area (Å²) in [4.78, 5) is 31.3. The molecule has 0 bridgehead atoms. The van der Waals surface area contributed by atoms with Gasteiger partial charge >= 0.3 is 0 Å². The van der Waals surface area contributed by atoms with Gasteiger partial charge in [0.1, 0.15) is 5.75 Å². The minimum atomic E-state index is -0.451. The molecule has 2 N–H and O–H groups in total. The van der Waals surface area contributed by atoms with Gasteiger partial charge in [-0.05, 0) is 42.7 Å². The molecule has 0 fully saturated rings. The normalized spacial score (nSPS) is 11.1. The van der Waals surface area contributed by atoms with Gasteiger partial charge in [-0.1, -0.05) is 18.2 Å². The van der Waals surface area contributed by atoms with Gasteiger partial charge in [-0.2, -0.15) is 0 Å². The third-order valence-corrected chi connectivity index (χ3v) is 4.91. The molecule has 5 nitrogen and oxygen atoms in total. The van der Waals surface area contributed by atoms with Crippen molar-refractivity contribution in [3.63, 3.8) is 0 Å². The number of fused-ring (bicyclic) bond motifs is 2. The average molecular weight is 360 g/mol. The lowest BCUT2D eigenvalue weighted by Gasteiger charge is -2.02. The summed E-state index contributed by atoms with van der Waals surface area (Å²) in [6, 6.07) is 13.5. The van der Waals surface area contributed by atoms with Crippen LogP contribution in [0.3, 0.4) is 0 Å². The van der Waals surface area contributed by atoms with Gasteiger partial charge < -0.3 is 14.7 Å². The van der Waals surface area contributed by atoms with Crippen LogP contribution in [0.15, 0.2) is 54.9 Å². The second kappa shape index (κ2) is 7.11. The SMILES string of the molecule is COc1ccc2[nH]cc(C(=O)C(=O)CCCc3c[nH]c4ccccc34)c2c1. The number of benzene rings is 2.